The van der Waals surface area contributed by atoms with Crippen molar-refractivity contribution < 1.29 is 14.2 Å². The molecule has 2 atom stereocenters. The van der Waals surface area contributed by atoms with Crippen molar-refractivity contribution in [2.45, 2.75) is 18.6 Å². The minimum absolute atomic E-state index is 0.0146. The van der Waals surface area contributed by atoms with Crippen LogP contribution in [-0.2, 0) is 4.74 Å². The Morgan fingerprint density at radius 1 is 1.05 bits per heavy atom. The normalized spacial score (nSPS) is 20.9. The molecule has 0 N–H and O–H groups in total. The quantitative estimate of drug-likeness (QED) is 0.846. The third kappa shape index (κ3) is 2.37. The monoisotopic (exact) mass is 270 g/mol. The van der Waals surface area contributed by atoms with Gasteiger partial charge in [0, 0.05) is 25.2 Å². The number of benzene rings is 2. The minimum atomic E-state index is 0.0146. The molecule has 0 amide bonds. The van der Waals surface area contributed by atoms with E-state index >= 15 is 0 Å². The molecule has 2 aromatic rings. The van der Waals surface area contributed by atoms with Gasteiger partial charge in [0.1, 0.15) is 17.6 Å². The van der Waals surface area contributed by atoms with Crippen LogP contribution in [0.5, 0.6) is 11.5 Å². The number of hydrogen-bond acceptors (Lipinski definition) is 3. The average molecular weight is 270 g/mol. The van der Waals surface area contributed by atoms with Crippen molar-refractivity contribution in [2.75, 3.05) is 14.2 Å². The van der Waals surface area contributed by atoms with E-state index in [-0.39, 0.29) is 12.2 Å². The van der Waals surface area contributed by atoms with Gasteiger partial charge in [-0.3, -0.25) is 0 Å². The molecule has 2 aromatic carbocycles. The topological polar surface area (TPSA) is 27.7 Å². The van der Waals surface area contributed by atoms with E-state index in [1.807, 2.05) is 36.4 Å². The lowest BCUT2D eigenvalue weighted by molar-refractivity contribution is 0.0299. The molecule has 3 nitrogen and oxygen atoms in total. The number of hydrogen-bond donors (Lipinski definition) is 0. The highest BCUT2D eigenvalue weighted by molar-refractivity contribution is 5.44. The Morgan fingerprint density at radius 3 is 2.55 bits per heavy atom. The van der Waals surface area contributed by atoms with Crippen LogP contribution >= 0.6 is 0 Å². The van der Waals surface area contributed by atoms with Gasteiger partial charge in [-0.25, -0.2) is 0 Å². The number of methoxy groups -OCH3 is 2. The van der Waals surface area contributed by atoms with Gasteiger partial charge in [0.15, 0.2) is 0 Å². The molecule has 20 heavy (non-hydrogen) atoms. The molecule has 0 saturated carbocycles. The molecule has 1 aliphatic rings. The van der Waals surface area contributed by atoms with Crippen molar-refractivity contribution in [3.8, 4) is 11.5 Å². The van der Waals surface area contributed by atoms with Gasteiger partial charge < -0.3 is 14.2 Å². The molecular formula is C17H18O3. The molecule has 0 aromatic heterocycles. The standard InChI is InChI=1S/C17H18O3/c1-18-13-8-9-14-16(19-2)11-15(20-17(14)10-13)12-6-4-3-5-7-12/h3-10,15-16H,11H2,1-2H3/t15-,16+/m1/s1. The van der Waals surface area contributed by atoms with Crippen LogP contribution in [0.15, 0.2) is 48.5 Å². The molecule has 0 fully saturated rings. The molecule has 0 saturated heterocycles. The van der Waals surface area contributed by atoms with E-state index in [0.29, 0.717) is 0 Å². The Balaban J connectivity index is 1.96. The fourth-order valence-corrected chi connectivity index (χ4v) is 2.63. The molecule has 104 valence electrons. The number of rotatable bonds is 3. The van der Waals surface area contributed by atoms with E-state index in [4.69, 9.17) is 14.2 Å². The highest BCUT2D eigenvalue weighted by Crippen LogP contribution is 2.43. The van der Waals surface area contributed by atoms with Crippen LogP contribution in [-0.4, -0.2) is 14.2 Å². The van der Waals surface area contributed by atoms with E-state index in [9.17, 15) is 0 Å². The molecular weight excluding hydrogens is 252 g/mol. The second-order valence-corrected chi connectivity index (χ2v) is 4.88. The van der Waals surface area contributed by atoms with Gasteiger partial charge in [-0.15, -0.1) is 0 Å². The van der Waals surface area contributed by atoms with Gasteiger partial charge >= 0.3 is 0 Å². The smallest absolute Gasteiger partial charge is 0.129 e. The SMILES string of the molecule is COc1ccc2c(c1)O[C@@H](c1ccccc1)C[C@@H]2OC. The number of fused-ring (bicyclic) bond motifs is 1. The van der Waals surface area contributed by atoms with Crippen molar-refractivity contribution in [2.24, 2.45) is 0 Å². The summed E-state index contributed by atoms with van der Waals surface area (Å²) in [6, 6.07) is 16.1. The lowest BCUT2D eigenvalue weighted by atomic mass is 9.95. The maximum absolute atomic E-state index is 6.13. The third-order valence-corrected chi connectivity index (χ3v) is 3.72. The molecule has 0 bridgehead atoms. The van der Waals surface area contributed by atoms with E-state index in [0.717, 1.165) is 23.5 Å². The first-order valence-corrected chi connectivity index (χ1v) is 6.74. The van der Waals surface area contributed by atoms with E-state index in [1.165, 1.54) is 5.56 Å². The van der Waals surface area contributed by atoms with Crippen LogP contribution in [0.1, 0.15) is 29.8 Å². The molecule has 0 aliphatic carbocycles. The predicted octanol–water partition coefficient (Wildman–Crippen LogP) is 3.91. The van der Waals surface area contributed by atoms with Crippen LogP contribution in [0.4, 0.5) is 0 Å². The maximum Gasteiger partial charge on any atom is 0.129 e. The van der Waals surface area contributed by atoms with Crippen molar-refractivity contribution in [1.82, 2.24) is 0 Å². The largest absolute Gasteiger partial charge is 0.497 e. The lowest BCUT2D eigenvalue weighted by Crippen LogP contribution is -2.20. The Kier molecular flexibility index (Phi) is 3.61. The van der Waals surface area contributed by atoms with Crippen LogP contribution in [0.25, 0.3) is 0 Å². The molecule has 3 rings (SSSR count). The second-order valence-electron chi connectivity index (χ2n) is 4.88. The zero-order chi connectivity index (χ0) is 13.9. The fourth-order valence-electron chi connectivity index (χ4n) is 2.63. The summed E-state index contributed by atoms with van der Waals surface area (Å²) < 4.78 is 17.0. The van der Waals surface area contributed by atoms with Crippen molar-refractivity contribution in [1.29, 1.82) is 0 Å². The van der Waals surface area contributed by atoms with Gasteiger partial charge in [-0.2, -0.15) is 0 Å². The van der Waals surface area contributed by atoms with Gasteiger partial charge in [-0.1, -0.05) is 30.3 Å². The molecule has 0 radical (unpaired) electrons. The third-order valence-electron chi connectivity index (χ3n) is 3.72. The summed E-state index contributed by atoms with van der Waals surface area (Å²) in [5.41, 5.74) is 2.25. The maximum atomic E-state index is 6.13. The van der Waals surface area contributed by atoms with Crippen molar-refractivity contribution >= 4 is 0 Å². The van der Waals surface area contributed by atoms with Crippen LogP contribution in [0.2, 0.25) is 0 Å². The van der Waals surface area contributed by atoms with Crippen molar-refractivity contribution in [3.05, 3.63) is 59.7 Å². The minimum Gasteiger partial charge on any atom is -0.497 e. The van der Waals surface area contributed by atoms with Crippen LogP contribution in [0, 0.1) is 0 Å². The first-order valence-electron chi connectivity index (χ1n) is 6.74. The van der Waals surface area contributed by atoms with Gasteiger partial charge in [0.25, 0.3) is 0 Å². The predicted molar refractivity (Wildman–Crippen MR) is 77.2 cm³/mol. The zero-order valence-corrected chi connectivity index (χ0v) is 11.7. The van der Waals surface area contributed by atoms with Gasteiger partial charge in [-0.05, 0) is 17.7 Å². The summed E-state index contributed by atoms with van der Waals surface area (Å²) in [6.07, 6.45) is 0.885. The summed E-state index contributed by atoms with van der Waals surface area (Å²) in [5.74, 6) is 1.64. The van der Waals surface area contributed by atoms with Gasteiger partial charge in [0.05, 0.1) is 13.2 Å². The first kappa shape index (κ1) is 13.0. The Labute approximate surface area is 119 Å². The van der Waals surface area contributed by atoms with Crippen molar-refractivity contribution in [3.63, 3.8) is 0 Å². The summed E-state index contributed by atoms with van der Waals surface area (Å²) in [4.78, 5) is 0. The van der Waals surface area contributed by atoms with E-state index < -0.39 is 0 Å². The summed E-state index contributed by atoms with van der Waals surface area (Å²) in [5, 5.41) is 0. The zero-order valence-electron chi connectivity index (χ0n) is 11.7. The molecule has 0 spiro atoms. The lowest BCUT2D eigenvalue weighted by Gasteiger charge is -2.32. The van der Waals surface area contributed by atoms with E-state index in [1.54, 1.807) is 14.2 Å². The Morgan fingerprint density at radius 2 is 1.85 bits per heavy atom. The average Bonchev–Trinajstić information content (AvgIpc) is 2.54. The Hall–Kier alpha value is -2.00. The summed E-state index contributed by atoms with van der Waals surface area (Å²) in [7, 11) is 3.40. The highest BCUT2D eigenvalue weighted by atomic mass is 16.5. The number of ether oxygens (including phenoxy) is 3. The van der Waals surface area contributed by atoms with Gasteiger partial charge in [0.2, 0.25) is 0 Å². The highest BCUT2D eigenvalue weighted by Gasteiger charge is 2.29. The van der Waals surface area contributed by atoms with Crippen LogP contribution < -0.4 is 9.47 Å². The fraction of sp³-hybridized carbons (Fsp3) is 0.294. The second kappa shape index (κ2) is 5.55. The molecule has 1 heterocycles. The van der Waals surface area contributed by atoms with E-state index in [2.05, 4.69) is 12.1 Å². The molecule has 1 aliphatic heterocycles. The Bertz CT molecular complexity index is 580. The van der Waals surface area contributed by atoms with Crippen LogP contribution in [0.3, 0.4) is 0 Å². The molecule has 0 unspecified atom stereocenters. The summed E-state index contributed by atoms with van der Waals surface area (Å²) in [6.45, 7) is 0. The first-order chi connectivity index (χ1) is 9.81. The summed E-state index contributed by atoms with van der Waals surface area (Å²) >= 11 is 0. The molecule has 3 heteroatoms.